The fourth-order valence-electron chi connectivity index (χ4n) is 3.69. The van der Waals surface area contributed by atoms with Gasteiger partial charge in [0.15, 0.2) is 0 Å². The molecule has 110 valence electrons. The van der Waals surface area contributed by atoms with Gasteiger partial charge in [-0.2, -0.15) is 0 Å². The molecule has 0 aliphatic heterocycles. The number of hydrogen-bond acceptors (Lipinski definition) is 3. The smallest absolute Gasteiger partial charge is 0.225 e. The van der Waals surface area contributed by atoms with E-state index in [4.69, 9.17) is 10.5 Å². The average Bonchev–Trinajstić information content (AvgIpc) is 2.79. The van der Waals surface area contributed by atoms with Crippen molar-refractivity contribution in [2.75, 3.05) is 13.7 Å². The molecule has 4 nitrogen and oxygen atoms in total. The molecular formula is C15H28N2O2. The number of nitrogens with two attached hydrogens (primary N) is 1. The van der Waals surface area contributed by atoms with Gasteiger partial charge in [-0.15, -0.1) is 0 Å². The summed E-state index contributed by atoms with van der Waals surface area (Å²) < 4.78 is 5.74. The molecule has 2 fully saturated rings. The van der Waals surface area contributed by atoms with Crippen molar-refractivity contribution < 1.29 is 9.53 Å². The molecule has 2 aliphatic carbocycles. The lowest BCUT2D eigenvalue weighted by Gasteiger charge is -2.55. The Morgan fingerprint density at radius 2 is 2.05 bits per heavy atom. The Kier molecular flexibility index (Phi) is 4.21. The maximum absolute atomic E-state index is 12.5. The van der Waals surface area contributed by atoms with Crippen molar-refractivity contribution in [2.45, 2.75) is 64.6 Å². The van der Waals surface area contributed by atoms with Gasteiger partial charge in [-0.3, -0.25) is 4.79 Å². The molecule has 19 heavy (non-hydrogen) atoms. The zero-order valence-electron chi connectivity index (χ0n) is 12.7. The molecule has 2 aliphatic rings. The topological polar surface area (TPSA) is 55.6 Å². The quantitative estimate of drug-likeness (QED) is 0.845. The lowest BCUT2D eigenvalue weighted by Crippen LogP contribution is -2.62. The van der Waals surface area contributed by atoms with Crippen molar-refractivity contribution in [2.24, 2.45) is 17.1 Å². The van der Waals surface area contributed by atoms with Crippen molar-refractivity contribution in [3.8, 4) is 0 Å². The number of carbonyl (C=O) groups is 1. The maximum atomic E-state index is 12.5. The Morgan fingerprint density at radius 1 is 1.37 bits per heavy atom. The lowest BCUT2D eigenvalue weighted by molar-refractivity contribution is -0.166. The van der Waals surface area contributed by atoms with Crippen molar-refractivity contribution >= 4 is 5.91 Å². The van der Waals surface area contributed by atoms with Gasteiger partial charge in [-0.1, -0.05) is 13.8 Å². The third kappa shape index (κ3) is 2.65. The largest absolute Gasteiger partial charge is 0.378 e. The molecule has 4 heteroatoms. The van der Waals surface area contributed by atoms with E-state index in [-0.39, 0.29) is 29.4 Å². The van der Waals surface area contributed by atoms with E-state index in [1.54, 1.807) is 0 Å². The summed E-state index contributed by atoms with van der Waals surface area (Å²) in [5, 5.41) is 0. The van der Waals surface area contributed by atoms with Crippen LogP contribution in [0.2, 0.25) is 0 Å². The Hall–Kier alpha value is -0.610. The zero-order valence-corrected chi connectivity index (χ0v) is 12.7. The van der Waals surface area contributed by atoms with Crippen LogP contribution in [0.3, 0.4) is 0 Å². The first kappa shape index (κ1) is 14.8. The summed E-state index contributed by atoms with van der Waals surface area (Å²) in [5.41, 5.74) is 5.97. The summed E-state index contributed by atoms with van der Waals surface area (Å²) >= 11 is 0. The normalized spacial score (nSPS) is 36.9. The summed E-state index contributed by atoms with van der Waals surface area (Å²) in [6.45, 7) is 7.17. The summed E-state index contributed by atoms with van der Waals surface area (Å²) in [6.07, 6.45) is 4.03. The molecule has 2 saturated carbocycles. The first-order valence-electron chi connectivity index (χ1n) is 7.51. The fourth-order valence-corrected chi connectivity index (χ4v) is 3.69. The molecule has 4 unspecified atom stereocenters. The number of nitrogens with zero attached hydrogens (tertiary/aromatic N) is 1. The van der Waals surface area contributed by atoms with Gasteiger partial charge in [-0.05, 0) is 32.6 Å². The van der Waals surface area contributed by atoms with Crippen LogP contribution >= 0.6 is 0 Å². The molecule has 0 saturated heterocycles. The van der Waals surface area contributed by atoms with Gasteiger partial charge in [0, 0.05) is 37.1 Å². The molecule has 0 aromatic carbocycles. The van der Waals surface area contributed by atoms with E-state index in [9.17, 15) is 4.79 Å². The van der Waals surface area contributed by atoms with Crippen LogP contribution in [0.25, 0.3) is 0 Å². The van der Waals surface area contributed by atoms with E-state index in [0.717, 1.165) is 32.3 Å². The number of amides is 1. The van der Waals surface area contributed by atoms with Gasteiger partial charge in [-0.25, -0.2) is 0 Å². The van der Waals surface area contributed by atoms with Crippen molar-refractivity contribution in [3.63, 3.8) is 0 Å². The van der Waals surface area contributed by atoms with E-state index in [2.05, 4.69) is 13.8 Å². The van der Waals surface area contributed by atoms with E-state index >= 15 is 0 Å². The van der Waals surface area contributed by atoms with Crippen LogP contribution in [0.5, 0.6) is 0 Å². The maximum Gasteiger partial charge on any atom is 0.225 e. The first-order valence-corrected chi connectivity index (χ1v) is 7.51. The van der Waals surface area contributed by atoms with Crippen LogP contribution in [0.4, 0.5) is 0 Å². The second kappa shape index (κ2) is 5.41. The Balaban J connectivity index is 1.94. The molecule has 0 spiro atoms. The summed E-state index contributed by atoms with van der Waals surface area (Å²) in [7, 11) is 1.95. The molecule has 0 aromatic rings. The third-order valence-electron chi connectivity index (χ3n) is 5.13. The molecule has 2 N–H and O–H groups in total. The second-order valence-electron chi connectivity index (χ2n) is 6.74. The highest BCUT2D eigenvalue weighted by Gasteiger charge is 2.52. The van der Waals surface area contributed by atoms with E-state index in [1.165, 1.54) is 0 Å². The summed E-state index contributed by atoms with van der Waals surface area (Å²) in [4.78, 5) is 14.5. The minimum atomic E-state index is 0.0567. The number of rotatable bonds is 4. The van der Waals surface area contributed by atoms with Crippen LogP contribution in [0, 0.1) is 11.3 Å². The Morgan fingerprint density at radius 3 is 2.53 bits per heavy atom. The van der Waals surface area contributed by atoms with Gasteiger partial charge in [0.05, 0.1) is 6.10 Å². The summed E-state index contributed by atoms with van der Waals surface area (Å²) in [5.74, 6) is 0.419. The number of ether oxygens (including phenoxy) is 1. The molecule has 0 aromatic heterocycles. The highest BCUT2D eigenvalue weighted by Crippen LogP contribution is 2.46. The van der Waals surface area contributed by atoms with Crippen LogP contribution in [0.15, 0.2) is 0 Å². The Bertz CT molecular complexity index is 343. The molecule has 0 heterocycles. The molecule has 1 amide bonds. The fraction of sp³-hybridized carbons (Fsp3) is 0.933. The lowest BCUT2D eigenvalue weighted by atomic mass is 9.63. The Labute approximate surface area is 116 Å². The molecule has 0 bridgehead atoms. The van der Waals surface area contributed by atoms with Gasteiger partial charge in [0.1, 0.15) is 0 Å². The van der Waals surface area contributed by atoms with E-state index < -0.39 is 0 Å². The average molecular weight is 268 g/mol. The molecular weight excluding hydrogens is 240 g/mol. The van der Waals surface area contributed by atoms with Crippen LogP contribution in [-0.4, -0.2) is 42.6 Å². The van der Waals surface area contributed by atoms with Crippen molar-refractivity contribution in [1.29, 1.82) is 0 Å². The standard InChI is InChI=1S/C15H28N2O2/c1-5-19-13-9-12(15(13,2)3)17(4)14(18)10-6-7-11(16)8-10/h10-13H,5-9,16H2,1-4H3. The predicted molar refractivity (Wildman–Crippen MR) is 75.7 cm³/mol. The van der Waals surface area contributed by atoms with Gasteiger partial charge in [0.25, 0.3) is 0 Å². The zero-order chi connectivity index (χ0) is 14.2. The van der Waals surface area contributed by atoms with E-state index in [1.807, 2.05) is 18.9 Å². The molecule has 2 rings (SSSR count). The van der Waals surface area contributed by atoms with Gasteiger partial charge >= 0.3 is 0 Å². The molecule has 0 radical (unpaired) electrons. The van der Waals surface area contributed by atoms with Crippen LogP contribution in [0.1, 0.15) is 46.5 Å². The number of hydrogen-bond donors (Lipinski definition) is 1. The van der Waals surface area contributed by atoms with Crippen molar-refractivity contribution in [1.82, 2.24) is 4.90 Å². The monoisotopic (exact) mass is 268 g/mol. The highest BCUT2D eigenvalue weighted by molar-refractivity contribution is 5.79. The van der Waals surface area contributed by atoms with Gasteiger partial charge < -0.3 is 15.4 Å². The van der Waals surface area contributed by atoms with Crippen LogP contribution in [-0.2, 0) is 9.53 Å². The minimum Gasteiger partial charge on any atom is -0.378 e. The second-order valence-corrected chi connectivity index (χ2v) is 6.74. The molecule has 4 atom stereocenters. The van der Waals surface area contributed by atoms with Crippen molar-refractivity contribution in [3.05, 3.63) is 0 Å². The number of carbonyl (C=O) groups excluding carboxylic acids is 1. The predicted octanol–water partition coefficient (Wildman–Crippen LogP) is 1.78. The first-order chi connectivity index (χ1) is 8.87. The summed E-state index contributed by atoms with van der Waals surface area (Å²) in [6, 6.07) is 0.515. The SMILES string of the molecule is CCOC1CC(N(C)C(=O)C2CCC(N)C2)C1(C)C. The van der Waals surface area contributed by atoms with Crippen LogP contribution < -0.4 is 5.73 Å². The van der Waals surface area contributed by atoms with Gasteiger partial charge in [0.2, 0.25) is 5.91 Å². The highest BCUT2D eigenvalue weighted by atomic mass is 16.5. The third-order valence-corrected chi connectivity index (χ3v) is 5.13. The van der Waals surface area contributed by atoms with E-state index in [0.29, 0.717) is 6.04 Å². The minimum absolute atomic E-state index is 0.0567.